The zero-order valence-electron chi connectivity index (χ0n) is 12.6. The molecule has 1 fully saturated rings. The van der Waals surface area contributed by atoms with Crippen molar-refractivity contribution in [2.75, 3.05) is 16.9 Å². The Morgan fingerprint density at radius 1 is 1.19 bits per heavy atom. The average molecular weight is 330 g/mol. The first-order chi connectivity index (χ1) is 10.0. The fourth-order valence-electron chi connectivity index (χ4n) is 3.03. The van der Waals surface area contributed by atoms with E-state index in [1.54, 1.807) is 12.1 Å². The number of hydrogen-bond acceptors (Lipinski definition) is 3. The van der Waals surface area contributed by atoms with Gasteiger partial charge in [-0.05, 0) is 31.4 Å². The maximum Gasteiger partial charge on any atom is 0.180 e. The van der Waals surface area contributed by atoms with E-state index in [1.807, 2.05) is 19.1 Å². The van der Waals surface area contributed by atoms with E-state index >= 15 is 0 Å². The monoisotopic (exact) mass is 329 g/mol. The van der Waals surface area contributed by atoms with Crippen LogP contribution in [0.25, 0.3) is 0 Å². The molecule has 118 valence electrons. The molecule has 21 heavy (non-hydrogen) atoms. The van der Waals surface area contributed by atoms with Gasteiger partial charge in [0, 0.05) is 5.88 Å². The Balaban J connectivity index is 2.32. The van der Waals surface area contributed by atoms with E-state index in [2.05, 4.69) is 5.32 Å². The third kappa shape index (κ3) is 3.92. The van der Waals surface area contributed by atoms with E-state index in [1.165, 1.54) is 6.42 Å². The van der Waals surface area contributed by atoms with Gasteiger partial charge in [0.15, 0.2) is 9.84 Å². The fraction of sp³-hybridized carbons (Fsp3) is 0.625. The predicted octanol–water partition coefficient (Wildman–Crippen LogP) is 4.22. The average Bonchev–Trinajstić information content (AvgIpc) is 2.48. The Morgan fingerprint density at radius 3 is 2.48 bits per heavy atom. The van der Waals surface area contributed by atoms with Crippen molar-refractivity contribution in [1.82, 2.24) is 0 Å². The molecule has 1 aliphatic rings. The molecule has 0 bridgehead atoms. The summed E-state index contributed by atoms with van der Waals surface area (Å²) in [6.45, 7) is 1.88. The van der Waals surface area contributed by atoms with E-state index in [4.69, 9.17) is 11.6 Å². The zero-order valence-corrected chi connectivity index (χ0v) is 14.1. The van der Waals surface area contributed by atoms with Crippen LogP contribution >= 0.6 is 11.6 Å². The van der Waals surface area contributed by atoms with Crippen LogP contribution in [-0.4, -0.2) is 25.6 Å². The maximum atomic E-state index is 12.4. The molecule has 0 saturated heterocycles. The number of alkyl halides is 1. The summed E-state index contributed by atoms with van der Waals surface area (Å²) in [5.74, 6) is 0.689. The first-order valence-electron chi connectivity index (χ1n) is 7.69. The molecular weight excluding hydrogens is 306 g/mol. The lowest BCUT2D eigenvalue weighted by atomic mass is 9.83. The zero-order chi connectivity index (χ0) is 15.3. The van der Waals surface area contributed by atoms with Gasteiger partial charge >= 0.3 is 0 Å². The van der Waals surface area contributed by atoms with Crippen LogP contribution in [0, 0.1) is 0 Å². The molecule has 1 aromatic rings. The molecular formula is C16H24ClNO2S. The van der Waals surface area contributed by atoms with Crippen molar-refractivity contribution in [2.45, 2.75) is 55.9 Å². The molecule has 1 N–H and O–H groups in total. The summed E-state index contributed by atoms with van der Waals surface area (Å²) in [6, 6.07) is 7.20. The van der Waals surface area contributed by atoms with Crippen molar-refractivity contribution >= 4 is 27.1 Å². The second-order valence-electron chi connectivity index (χ2n) is 5.91. The Labute approximate surface area is 133 Å². The van der Waals surface area contributed by atoms with E-state index in [0.717, 1.165) is 25.7 Å². The first-order valence-corrected chi connectivity index (χ1v) is 9.88. The highest BCUT2D eigenvalue weighted by molar-refractivity contribution is 7.91. The quantitative estimate of drug-likeness (QED) is 0.795. The van der Waals surface area contributed by atoms with Gasteiger partial charge in [-0.3, -0.25) is 0 Å². The van der Waals surface area contributed by atoms with Gasteiger partial charge in [-0.2, -0.15) is 0 Å². The molecule has 0 aliphatic heterocycles. The largest absolute Gasteiger partial charge is 0.377 e. The number of para-hydroxylation sites is 1. The molecule has 0 unspecified atom stereocenters. The van der Waals surface area contributed by atoms with Crippen LogP contribution in [0.2, 0.25) is 0 Å². The lowest BCUT2D eigenvalue weighted by Gasteiger charge is -2.38. The van der Waals surface area contributed by atoms with E-state index < -0.39 is 9.84 Å². The van der Waals surface area contributed by atoms with Crippen molar-refractivity contribution in [3.63, 3.8) is 0 Å². The smallest absolute Gasteiger partial charge is 0.180 e. The van der Waals surface area contributed by atoms with E-state index in [9.17, 15) is 8.42 Å². The lowest BCUT2D eigenvalue weighted by Crippen LogP contribution is -2.42. The van der Waals surface area contributed by atoms with Gasteiger partial charge in [0.1, 0.15) is 0 Å². The van der Waals surface area contributed by atoms with Crippen molar-refractivity contribution in [3.8, 4) is 0 Å². The summed E-state index contributed by atoms with van der Waals surface area (Å²) in [5.41, 5.74) is 0.533. The molecule has 1 aliphatic carbocycles. The molecule has 1 saturated carbocycles. The molecule has 0 atom stereocenters. The minimum absolute atomic E-state index is 0.169. The van der Waals surface area contributed by atoms with Crippen LogP contribution in [0.4, 0.5) is 5.69 Å². The summed E-state index contributed by atoms with van der Waals surface area (Å²) in [5, 5.41) is 3.47. The van der Waals surface area contributed by atoms with Crippen molar-refractivity contribution < 1.29 is 8.42 Å². The molecule has 2 rings (SSSR count). The molecule has 0 aromatic heterocycles. The molecule has 5 heteroatoms. The van der Waals surface area contributed by atoms with Crippen LogP contribution in [-0.2, 0) is 9.84 Å². The third-order valence-corrected chi connectivity index (χ3v) is 6.64. The second-order valence-corrected chi connectivity index (χ2v) is 8.26. The lowest BCUT2D eigenvalue weighted by molar-refractivity contribution is 0.353. The van der Waals surface area contributed by atoms with Crippen LogP contribution < -0.4 is 5.32 Å². The van der Waals surface area contributed by atoms with Gasteiger partial charge in [0.25, 0.3) is 0 Å². The van der Waals surface area contributed by atoms with Crippen molar-refractivity contribution in [2.24, 2.45) is 0 Å². The van der Waals surface area contributed by atoms with Crippen LogP contribution in [0.3, 0.4) is 0 Å². The Hall–Kier alpha value is -0.740. The second kappa shape index (κ2) is 7.01. The Morgan fingerprint density at radius 2 is 1.86 bits per heavy atom. The van der Waals surface area contributed by atoms with Gasteiger partial charge in [-0.15, -0.1) is 11.6 Å². The minimum atomic E-state index is -3.23. The number of halogens is 1. The summed E-state index contributed by atoms with van der Waals surface area (Å²) in [4.78, 5) is 0.405. The number of sulfone groups is 1. The standard InChI is InChI=1S/C16H24ClNO2S/c1-2-12-21(19,20)15-9-5-4-8-14(15)18-16(13-17)10-6-3-7-11-16/h4-5,8-9,18H,2-3,6-7,10-13H2,1H3. The SMILES string of the molecule is CCCS(=O)(=O)c1ccccc1NC1(CCl)CCCCC1. The normalized spacial score (nSPS) is 18.4. The van der Waals surface area contributed by atoms with Crippen LogP contribution in [0.5, 0.6) is 0 Å². The van der Waals surface area contributed by atoms with Crippen molar-refractivity contribution in [1.29, 1.82) is 0 Å². The van der Waals surface area contributed by atoms with Gasteiger partial charge in [-0.1, -0.05) is 38.3 Å². The number of rotatable bonds is 6. The number of benzene rings is 1. The first kappa shape index (κ1) is 16.6. The van der Waals surface area contributed by atoms with Gasteiger partial charge in [0.2, 0.25) is 0 Å². The molecule has 0 heterocycles. The van der Waals surface area contributed by atoms with E-state index in [0.29, 0.717) is 22.9 Å². The summed E-state index contributed by atoms with van der Waals surface area (Å²) < 4.78 is 24.8. The Bertz CT molecular complexity index is 565. The van der Waals surface area contributed by atoms with Gasteiger partial charge in [-0.25, -0.2) is 8.42 Å². The van der Waals surface area contributed by atoms with Gasteiger partial charge < -0.3 is 5.32 Å². The summed E-state index contributed by atoms with van der Waals surface area (Å²) >= 11 is 6.20. The minimum Gasteiger partial charge on any atom is -0.377 e. The predicted molar refractivity (Wildman–Crippen MR) is 88.9 cm³/mol. The fourth-order valence-corrected chi connectivity index (χ4v) is 4.86. The highest BCUT2D eigenvalue weighted by Gasteiger charge is 2.32. The number of nitrogens with one attached hydrogen (secondary N) is 1. The summed E-state index contributed by atoms with van der Waals surface area (Å²) in [6.07, 6.45) is 6.14. The van der Waals surface area contributed by atoms with Crippen LogP contribution in [0.1, 0.15) is 45.4 Å². The molecule has 0 spiro atoms. The van der Waals surface area contributed by atoms with E-state index in [-0.39, 0.29) is 11.3 Å². The molecule has 0 amide bonds. The third-order valence-electron chi connectivity index (χ3n) is 4.16. The van der Waals surface area contributed by atoms with Crippen molar-refractivity contribution in [3.05, 3.63) is 24.3 Å². The molecule has 0 radical (unpaired) electrons. The Kier molecular flexibility index (Phi) is 5.55. The number of anilines is 1. The summed E-state index contributed by atoms with van der Waals surface area (Å²) in [7, 11) is -3.23. The number of hydrogen-bond donors (Lipinski definition) is 1. The topological polar surface area (TPSA) is 46.2 Å². The van der Waals surface area contributed by atoms with Crippen LogP contribution in [0.15, 0.2) is 29.2 Å². The molecule has 1 aromatic carbocycles. The maximum absolute atomic E-state index is 12.4. The highest BCUT2D eigenvalue weighted by Crippen LogP contribution is 2.35. The van der Waals surface area contributed by atoms with Gasteiger partial charge in [0.05, 0.1) is 21.9 Å². The highest BCUT2D eigenvalue weighted by atomic mass is 35.5. The molecule has 3 nitrogen and oxygen atoms in total.